The van der Waals surface area contributed by atoms with E-state index in [1.54, 1.807) is 45.0 Å². The topological polar surface area (TPSA) is 88.4 Å². The van der Waals surface area contributed by atoms with Crippen LogP contribution in [0, 0.1) is 6.92 Å². The van der Waals surface area contributed by atoms with Gasteiger partial charge in [-0.3, -0.25) is 9.36 Å². The molecule has 8 nitrogen and oxygen atoms in total. The van der Waals surface area contributed by atoms with Crippen LogP contribution in [0.25, 0.3) is 11.8 Å². The van der Waals surface area contributed by atoms with Gasteiger partial charge in [0, 0.05) is 11.1 Å². The maximum absolute atomic E-state index is 14.4. The molecule has 44 heavy (non-hydrogen) atoms. The number of carbonyl (C=O) groups excluding carboxylic acids is 1. The fourth-order valence-corrected chi connectivity index (χ4v) is 6.53. The van der Waals surface area contributed by atoms with Gasteiger partial charge in [-0.25, -0.2) is 9.79 Å². The maximum atomic E-state index is 14.4. The largest absolute Gasteiger partial charge is 0.496 e. The average Bonchev–Trinajstić information content (AvgIpc) is 3.34. The molecule has 3 aromatic carbocycles. The van der Waals surface area contributed by atoms with Crippen LogP contribution in [0.1, 0.15) is 60.5 Å². The number of nitrogens with zero attached hydrogens (tertiary/aromatic N) is 2. The van der Waals surface area contributed by atoms with E-state index in [-0.39, 0.29) is 18.1 Å². The summed E-state index contributed by atoms with van der Waals surface area (Å²) < 4.78 is 24.5. The van der Waals surface area contributed by atoms with E-state index in [1.807, 2.05) is 61.5 Å². The summed E-state index contributed by atoms with van der Waals surface area (Å²) in [5.41, 5.74) is 4.58. The summed E-state index contributed by atoms with van der Waals surface area (Å²) >= 11 is 1.26. The highest BCUT2D eigenvalue weighted by Gasteiger charge is 2.36. The highest BCUT2D eigenvalue weighted by molar-refractivity contribution is 7.07. The maximum Gasteiger partial charge on any atom is 0.338 e. The van der Waals surface area contributed by atoms with Crippen molar-refractivity contribution in [3.05, 3.63) is 114 Å². The van der Waals surface area contributed by atoms with Gasteiger partial charge in [-0.2, -0.15) is 0 Å². The summed E-state index contributed by atoms with van der Waals surface area (Å²) in [4.78, 5) is 33.7. The van der Waals surface area contributed by atoms with Crippen LogP contribution in [0.3, 0.4) is 0 Å². The molecule has 9 heteroatoms. The molecule has 4 aromatic rings. The lowest BCUT2D eigenvalue weighted by Crippen LogP contribution is -2.40. The standard InChI is InChI=1S/C35H36N2O6S/c1-8-43-34(39)29-30(22-13-10-9-11-14-22)36-35-37(31(29)25-19-24(20(2)3)27(41-6)17-21(25)4)33(38)28(44-35)18-23-15-12-16-26(40-5)32(23)42-7/h9-20,31H,8H2,1-7H3/b28-18-. The van der Waals surface area contributed by atoms with Gasteiger partial charge in [0.25, 0.3) is 5.56 Å². The molecule has 0 N–H and O–H groups in total. The van der Waals surface area contributed by atoms with Gasteiger partial charge in [0.15, 0.2) is 16.3 Å². The number of fused-ring (bicyclic) bond motifs is 1. The first-order valence-corrected chi connectivity index (χ1v) is 15.2. The van der Waals surface area contributed by atoms with Crippen molar-refractivity contribution in [1.82, 2.24) is 4.57 Å². The third kappa shape index (κ3) is 5.55. The van der Waals surface area contributed by atoms with E-state index < -0.39 is 12.0 Å². The molecule has 1 unspecified atom stereocenters. The van der Waals surface area contributed by atoms with Crippen molar-refractivity contribution < 1.29 is 23.7 Å². The second-order valence-electron chi connectivity index (χ2n) is 10.6. The van der Waals surface area contributed by atoms with Crippen LogP contribution in [-0.2, 0) is 9.53 Å². The van der Waals surface area contributed by atoms with Gasteiger partial charge in [-0.05, 0) is 60.7 Å². The predicted molar refractivity (Wildman–Crippen MR) is 172 cm³/mol. The Bertz CT molecular complexity index is 1920. The number of ether oxygens (including phenoxy) is 4. The summed E-state index contributed by atoms with van der Waals surface area (Å²) in [6.07, 6.45) is 1.78. The van der Waals surface area contributed by atoms with Crippen LogP contribution >= 0.6 is 11.3 Å². The molecule has 1 aliphatic rings. The Morgan fingerprint density at radius 1 is 1.00 bits per heavy atom. The van der Waals surface area contributed by atoms with Crippen LogP contribution < -0.4 is 29.1 Å². The molecule has 2 heterocycles. The minimum Gasteiger partial charge on any atom is -0.496 e. The zero-order valence-electron chi connectivity index (χ0n) is 26.0. The molecule has 0 spiro atoms. The first-order chi connectivity index (χ1) is 21.2. The number of hydrogen-bond acceptors (Lipinski definition) is 8. The number of para-hydroxylation sites is 1. The second-order valence-corrected chi connectivity index (χ2v) is 11.6. The van der Waals surface area contributed by atoms with Crippen molar-refractivity contribution in [3.63, 3.8) is 0 Å². The van der Waals surface area contributed by atoms with E-state index in [4.69, 9.17) is 23.9 Å². The molecule has 1 aromatic heterocycles. The number of hydrogen-bond donors (Lipinski definition) is 0. The summed E-state index contributed by atoms with van der Waals surface area (Å²) in [5.74, 6) is 1.43. The summed E-state index contributed by atoms with van der Waals surface area (Å²) in [6.45, 7) is 8.07. The quantitative estimate of drug-likeness (QED) is 0.236. The van der Waals surface area contributed by atoms with Gasteiger partial charge in [-0.15, -0.1) is 0 Å². The van der Waals surface area contributed by atoms with E-state index in [9.17, 15) is 9.59 Å². The Hall–Kier alpha value is -4.63. The first-order valence-electron chi connectivity index (χ1n) is 14.4. The van der Waals surface area contributed by atoms with E-state index in [0.717, 1.165) is 28.0 Å². The molecule has 5 rings (SSSR count). The number of rotatable bonds is 9. The number of aromatic nitrogens is 1. The normalized spacial score (nSPS) is 14.7. The third-order valence-electron chi connectivity index (χ3n) is 7.63. The smallest absolute Gasteiger partial charge is 0.338 e. The molecule has 0 radical (unpaired) electrons. The zero-order chi connectivity index (χ0) is 31.5. The van der Waals surface area contributed by atoms with Crippen molar-refractivity contribution in [2.75, 3.05) is 27.9 Å². The van der Waals surface area contributed by atoms with Crippen LogP contribution in [0.5, 0.6) is 17.2 Å². The summed E-state index contributed by atoms with van der Waals surface area (Å²) in [6, 6.07) is 18.2. The van der Waals surface area contributed by atoms with Crippen molar-refractivity contribution in [3.8, 4) is 17.2 Å². The number of aryl methyl sites for hydroxylation is 1. The van der Waals surface area contributed by atoms with Crippen LogP contribution in [0.15, 0.2) is 76.0 Å². The molecule has 228 valence electrons. The molecule has 0 saturated heterocycles. The average molecular weight is 613 g/mol. The van der Waals surface area contributed by atoms with E-state index in [2.05, 4.69) is 13.8 Å². The molecule has 0 fully saturated rings. The molecular formula is C35H36N2O6S. The fraction of sp³-hybridized carbons (Fsp3) is 0.286. The van der Waals surface area contributed by atoms with Gasteiger partial charge in [0.2, 0.25) is 0 Å². The zero-order valence-corrected chi connectivity index (χ0v) is 26.8. The second kappa shape index (κ2) is 12.9. The Labute approximate surface area is 260 Å². The van der Waals surface area contributed by atoms with Crippen molar-refractivity contribution in [2.24, 2.45) is 4.99 Å². The van der Waals surface area contributed by atoms with E-state index in [1.165, 1.54) is 11.3 Å². The number of thiazole rings is 1. The minimum atomic E-state index is -0.793. The SMILES string of the molecule is CCOC(=O)C1=C(c2ccccc2)N=c2s/c(=C\c3cccc(OC)c3OC)c(=O)n2C1c1cc(C(C)C)c(OC)cc1C. The van der Waals surface area contributed by atoms with Crippen LogP contribution in [0.2, 0.25) is 0 Å². The molecule has 1 atom stereocenters. The van der Waals surface area contributed by atoms with Gasteiger partial charge >= 0.3 is 5.97 Å². The predicted octanol–water partition coefficient (Wildman–Crippen LogP) is 5.39. The van der Waals surface area contributed by atoms with Crippen LogP contribution in [0.4, 0.5) is 0 Å². The van der Waals surface area contributed by atoms with Crippen molar-refractivity contribution in [1.29, 1.82) is 0 Å². The van der Waals surface area contributed by atoms with Gasteiger partial charge in [0.1, 0.15) is 5.75 Å². The lowest BCUT2D eigenvalue weighted by molar-refractivity contribution is -0.138. The summed E-state index contributed by atoms with van der Waals surface area (Å²) in [7, 11) is 4.78. The number of esters is 1. The Kier molecular flexibility index (Phi) is 9.06. The first kappa shape index (κ1) is 30.8. The lowest BCUT2D eigenvalue weighted by Gasteiger charge is -2.28. The number of methoxy groups -OCH3 is 3. The third-order valence-corrected chi connectivity index (χ3v) is 8.61. The van der Waals surface area contributed by atoms with Gasteiger partial charge in [0.05, 0.1) is 49.8 Å². The molecule has 0 aliphatic carbocycles. The highest BCUT2D eigenvalue weighted by Crippen LogP contribution is 2.40. The molecule has 0 saturated carbocycles. The Morgan fingerprint density at radius 2 is 1.73 bits per heavy atom. The minimum absolute atomic E-state index is 0.129. The Morgan fingerprint density at radius 3 is 2.36 bits per heavy atom. The van der Waals surface area contributed by atoms with E-state index in [0.29, 0.717) is 37.7 Å². The van der Waals surface area contributed by atoms with E-state index >= 15 is 0 Å². The fourth-order valence-electron chi connectivity index (χ4n) is 5.54. The Balaban J connectivity index is 1.89. The van der Waals surface area contributed by atoms with Crippen molar-refractivity contribution in [2.45, 2.75) is 39.7 Å². The van der Waals surface area contributed by atoms with Crippen LogP contribution in [-0.4, -0.2) is 38.5 Å². The molecular weight excluding hydrogens is 576 g/mol. The summed E-state index contributed by atoms with van der Waals surface area (Å²) in [5, 5.41) is 0. The lowest BCUT2D eigenvalue weighted by atomic mass is 9.87. The number of carbonyl (C=O) groups is 1. The molecule has 1 aliphatic heterocycles. The monoisotopic (exact) mass is 612 g/mol. The molecule has 0 amide bonds. The van der Waals surface area contributed by atoms with Crippen molar-refractivity contribution >= 4 is 29.1 Å². The molecule has 0 bridgehead atoms. The van der Waals surface area contributed by atoms with Gasteiger partial charge in [-0.1, -0.05) is 67.6 Å². The number of benzene rings is 3. The van der Waals surface area contributed by atoms with Gasteiger partial charge < -0.3 is 18.9 Å². The highest BCUT2D eigenvalue weighted by atomic mass is 32.1.